The molecule has 0 spiro atoms. The van der Waals surface area contributed by atoms with E-state index >= 15 is 0 Å². The van der Waals surface area contributed by atoms with Crippen LogP contribution in [0.4, 0.5) is 0 Å². The van der Waals surface area contributed by atoms with E-state index in [2.05, 4.69) is 16.5 Å². The molecule has 0 radical (unpaired) electrons. The molecule has 0 amide bonds. The Hall–Kier alpha value is -1.01. The summed E-state index contributed by atoms with van der Waals surface area (Å²) >= 11 is 1.77. The fraction of sp³-hybridized carbons (Fsp3) is 0.692. The summed E-state index contributed by atoms with van der Waals surface area (Å²) in [5.41, 5.74) is 6.95. The summed E-state index contributed by atoms with van der Waals surface area (Å²) in [4.78, 5) is 15.5. The number of rotatable bonds is 9. The van der Waals surface area contributed by atoms with Crippen LogP contribution in [-0.4, -0.2) is 33.9 Å². The number of carbonyl (C=O) groups is 1. The molecule has 5 nitrogen and oxygen atoms in total. The smallest absolute Gasteiger partial charge is 0.322 e. The van der Waals surface area contributed by atoms with E-state index in [9.17, 15) is 4.79 Å². The third-order valence-electron chi connectivity index (χ3n) is 2.68. The molecule has 1 atom stereocenters. The highest BCUT2D eigenvalue weighted by Crippen LogP contribution is 2.14. The molecule has 19 heavy (non-hydrogen) atoms. The number of ether oxygens (including phenoxy) is 1. The molecule has 0 bridgehead atoms. The van der Waals surface area contributed by atoms with Gasteiger partial charge in [0.1, 0.15) is 6.04 Å². The Morgan fingerprint density at radius 3 is 3.05 bits per heavy atom. The molecule has 0 aromatic carbocycles. The fourth-order valence-electron chi connectivity index (χ4n) is 1.66. The predicted octanol–water partition coefficient (Wildman–Crippen LogP) is 1.81. The summed E-state index contributed by atoms with van der Waals surface area (Å²) in [6.07, 6.45) is 5.50. The van der Waals surface area contributed by atoms with Gasteiger partial charge in [0.05, 0.1) is 12.9 Å². The van der Waals surface area contributed by atoms with E-state index in [1.807, 2.05) is 12.5 Å². The lowest BCUT2D eigenvalue weighted by Gasteiger charge is -2.10. The second-order valence-electron chi connectivity index (χ2n) is 4.28. The summed E-state index contributed by atoms with van der Waals surface area (Å²) in [6.45, 7) is 5.32. The number of carbonyl (C=O) groups excluding carboxylic acids is 1. The van der Waals surface area contributed by atoms with Crippen molar-refractivity contribution in [2.24, 2.45) is 5.73 Å². The maximum Gasteiger partial charge on any atom is 0.322 e. The van der Waals surface area contributed by atoms with Crippen LogP contribution in [0.5, 0.6) is 0 Å². The van der Waals surface area contributed by atoms with Gasteiger partial charge in [0.15, 0.2) is 0 Å². The van der Waals surface area contributed by atoms with E-state index < -0.39 is 6.04 Å². The van der Waals surface area contributed by atoms with Crippen molar-refractivity contribution in [1.82, 2.24) is 9.55 Å². The molecular formula is C13H23N3O2S. The second-order valence-corrected chi connectivity index (χ2v) is 5.38. The standard InChI is InChI=1S/C13H23N3O2S/c1-3-6-16-10-15-8-11(16)9-19-7-5-12(14)13(17)18-4-2/h8,10,12H,3-7,9,14H2,1-2H3. The van der Waals surface area contributed by atoms with Crippen molar-refractivity contribution in [3.8, 4) is 0 Å². The molecule has 2 N–H and O–H groups in total. The third-order valence-corrected chi connectivity index (χ3v) is 3.70. The van der Waals surface area contributed by atoms with Crippen LogP contribution in [0.3, 0.4) is 0 Å². The van der Waals surface area contributed by atoms with Gasteiger partial charge in [-0.2, -0.15) is 11.8 Å². The summed E-state index contributed by atoms with van der Waals surface area (Å²) in [5.74, 6) is 1.44. The highest BCUT2D eigenvalue weighted by molar-refractivity contribution is 7.98. The van der Waals surface area contributed by atoms with Crippen molar-refractivity contribution >= 4 is 17.7 Å². The van der Waals surface area contributed by atoms with Crippen molar-refractivity contribution in [1.29, 1.82) is 0 Å². The van der Waals surface area contributed by atoms with Crippen molar-refractivity contribution in [3.05, 3.63) is 18.2 Å². The number of aromatic nitrogens is 2. The zero-order valence-electron chi connectivity index (χ0n) is 11.7. The number of hydrogen-bond acceptors (Lipinski definition) is 5. The van der Waals surface area contributed by atoms with Crippen LogP contribution >= 0.6 is 11.8 Å². The van der Waals surface area contributed by atoms with Gasteiger partial charge < -0.3 is 15.0 Å². The van der Waals surface area contributed by atoms with E-state index in [1.165, 1.54) is 5.69 Å². The predicted molar refractivity (Wildman–Crippen MR) is 77.9 cm³/mol. The van der Waals surface area contributed by atoms with Gasteiger partial charge in [-0.25, -0.2) is 4.98 Å². The molecule has 1 rings (SSSR count). The Morgan fingerprint density at radius 1 is 1.58 bits per heavy atom. The zero-order chi connectivity index (χ0) is 14.1. The normalized spacial score (nSPS) is 12.4. The van der Waals surface area contributed by atoms with Gasteiger partial charge in [0, 0.05) is 24.2 Å². The summed E-state index contributed by atoms with van der Waals surface area (Å²) < 4.78 is 7.04. The molecule has 0 aliphatic rings. The van der Waals surface area contributed by atoms with E-state index in [-0.39, 0.29) is 5.97 Å². The van der Waals surface area contributed by atoms with Crippen LogP contribution in [0.25, 0.3) is 0 Å². The Morgan fingerprint density at radius 2 is 2.37 bits per heavy atom. The van der Waals surface area contributed by atoms with Gasteiger partial charge in [-0.05, 0) is 25.5 Å². The van der Waals surface area contributed by atoms with Gasteiger partial charge >= 0.3 is 5.97 Å². The minimum Gasteiger partial charge on any atom is -0.465 e. The molecule has 1 unspecified atom stereocenters. The maximum absolute atomic E-state index is 11.3. The molecule has 0 fully saturated rings. The highest BCUT2D eigenvalue weighted by Gasteiger charge is 2.13. The number of aryl methyl sites for hydroxylation is 1. The Kier molecular flexibility index (Phi) is 7.59. The van der Waals surface area contributed by atoms with Crippen LogP contribution in [0.2, 0.25) is 0 Å². The van der Waals surface area contributed by atoms with E-state index in [4.69, 9.17) is 10.5 Å². The largest absolute Gasteiger partial charge is 0.465 e. The van der Waals surface area contributed by atoms with Gasteiger partial charge in [-0.3, -0.25) is 4.79 Å². The van der Waals surface area contributed by atoms with Crippen LogP contribution in [0, 0.1) is 0 Å². The summed E-state index contributed by atoms with van der Waals surface area (Å²) in [5, 5.41) is 0. The molecule has 1 heterocycles. The van der Waals surface area contributed by atoms with Gasteiger partial charge in [-0.15, -0.1) is 0 Å². The minimum atomic E-state index is -0.506. The van der Waals surface area contributed by atoms with Gasteiger partial charge in [0.25, 0.3) is 0 Å². The minimum absolute atomic E-state index is 0.306. The highest BCUT2D eigenvalue weighted by atomic mass is 32.2. The lowest BCUT2D eigenvalue weighted by Crippen LogP contribution is -2.32. The summed E-state index contributed by atoms with van der Waals surface area (Å²) in [6, 6.07) is -0.506. The molecule has 0 saturated heterocycles. The number of esters is 1. The van der Waals surface area contributed by atoms with E-state index in [0.29, 0.717) is 13.0 Å². The first kappa shape index (κ1) is 16.0. The molecular weight excluding hydrogens is 262 g/mol. The average molecular weight is 285 g/mol. The first-order valence-corrected chi connectivity index (χ1v) is 7.83. The Labute approximate surface area is 118 Å². The Balaban J connectivity index is 2.23. The van der Waals surface area contributed by atoms with Gasteiger partial charge in [0.2, 0.25) is 0 Å². The molecule has 0 aliphatic carbocycles. The van der Waals surface area contributed by atoms with Crippen LogP contribution in [0.1, 0.15) is 32.4 Å². The van der Waals surface area contributed by atoms with Crippen LogP contribution in [0.15, 0.2) is 12.5 Å². The maximum atomic E-state index is 11.3. The first-order chi connectivity index (χ1) is 9.19. The van der Waals surface area contributed by atoms with Crippen molar-refractivity contribution in [3.63, 3.8) is 0 Å². The van der Waals surface area contributed by atoms with Gasteiger partial charge in [-0.1, -0.05) is 6.92 Å². The number of thioether (sulfide) groups is 1. The number of hydrogen-bond donors (Lipinski definition) is 1. The molecule has 1 aromatic rings. The molecule has 1 aromatic heterocycles. The second kappa shape index (κ2) is 8.98. The Bertz CT molecular complexity index is 382. The average Bonchev–Trinajstić information content (AvgIpc) is 2.82. The van der Waals surface area contributed by atoms with Crippen molar-refractivity contribution < 1.29 is 9.53 Å². The summed E-state index contributed by atoms with van der Waals surface area (Å²) in [7, 11) is 0. The van der Waals surface area contributed by atoms with Crippen LogP contribution in [-0.2, 0) is 21.8 Å². The number of nitrogens with zero attached hydrogens (tertiary/aromatic N) is 2. The fourth-order valence-corrected chi connectivity index (χ4v) is 2.68. The molecule has 0 saturated carbocycles. The molecule has 6 heteroatoms. The topological polar surface area (TPSA) is 70.1 Å². The number of imidazole rings is 1. The van der Waals surface area contributed by atoms with Crippen molar-refractivity contribution in [2.45, 2.75) is 45.0 Å². The van der Waals surface area contributed by atoms with E-state index in [0.717, 1.165) is 24.5 Å². The van der Waals surface area contributed by atoms with Crippen LogP contribution < -0.4 is 5.73 Å². The number of nitrogens with two attached hydrogens (primary N) is 1. The lowest BCUT2D eigenvalue weighted by atomic mass is 10.2. The van der Waals surface area contributed by atoms with E-state index in [1.54, 1.807) is 18.7 Å². The third kappa shape index (κ3) is 5.65. The quantitative estimate of drug-likeness (QED) is 0.553. The first-order valence-electron chi connectivity index (χ1n) is 6.68. The van der Waals surface area contributed by atoms with Crippen molar-refractivity contribution in [2.75, 3.05) is 12.4 Å². The monoisotopic (exact) mass is 285 g/mol. The SMILES string of the molecule is CCCn1cncc1CSCCC(N)C(=O)OCC. The molecule has 0 aliphatic heterocycles. The zero-order valence-corrected chi connectivity index (χ0v) is 12.5. The lowest BCUT2D eigenvalue weighted by molar-refractivity contribution is -0.144. The molecule has 108 valence electrons.